The van der Waals surface area contributed by atoms with Gasteiger partial charge in [-0.25, -0.2) is 4.79 Å². The lowest BCUT2D eigenvalue weighted by molar-refractivity contribution is -0.129. The lowest BCUT2D eigenvalue weighted by atomic mass is 9.65. The molecule has 1 spiro atoms. The van der Waals surface area contributed by atoms with Crippen molar-refractivity contribution < 1.29 is 9.59 Å². The van der Waals surface area contributed by atoms with E-state index in [0.717, 1.165) is 19.3 Å². The first-order valence-electron chi connectivity index (χ1n) is 6.09. The highest BCUT2D eigenvalue weighted by atomic mass is 16.2. The molecule has 3 atom stereocenters. The highest BCUT2D eigenvalue weighted by Gasteiger charge is 2.54. The summed E-state index contributed by atoms with van der Waals surface area (Å²) in [5.41, 5.74) is -0.636. The fourth-order valence-corrected chi connectivity index (χ4v) is 3.33. The van der Waals surface area contributed by atoms with Crippen molar-refractivity contribution in [1.82, 2.24) is 10.6 Å². The Hall–Kier alpha value is -1.06. The largest absolute Gasteiger partial charge is 0.323 e. The highest BCUT2D eigenvalue weighted by molar-refractivity contribution is 6.07. The van der Waals surface area contributed by atoms with Crippen LogP contribution in [-0.4, -0.2) is 17.5 Å². The van der Waals surface area contributed by atoms with E-state index in [4.69, 9.17) is 0 Å². The number of amides is 3. The van der Waals surface area contributed by atoms with Crippen molar-refractivity contribution in [3.63, 3.8) is 0 Å². The molecule has 16 heavy (non-hydrogen) atoms. The molecule has 1 saturated carbocycles. The molecule has 90 valence electrons. The Kier molecular flexibility index (Phi) is 2.68. The van der Waals surface area contributed by atoms with Gasteiger partial charge in [-0.05, 0) is 30.6 Å². The standard InChI is InChI=1S/C12H20N2O2/c1-7(2)9-5-4-8(3)6-12(9)10(15)13-11(16)14-12/h7-9H,4-6H2,1-3H3,(H2,13,14,15,16). The third kappa shape index (κ3) is 1.60. The van der Waals surface area contributed by atoms with E-state index in [2.05, 4.69) is 31.4 Å². The summed E-state index contributed by atoms with van der Waals surface area (Å²) in [5, 5.41) is 5.28. The Morgan fingerprint density at radius 2 is 2.00 bits per heavy atom. The maximum absolute atomic E-state index is 12.0. The molecule has 4 nitrogen and oxygen atoms in total. The first-order valence-corrected chi connectivity index (χ1v) is 6.09. The van der Waals surface area contributed by atoms with Gasteiger partial charge in [-0.15, -0.1) is 0 Å². The van der Waals surface area contributed by atoms with Crippen LogP contribution in [0, 0.1) is 17.8 Å². The van der Waals surface area contributed by atoms with E-state index in [0.29, 0.717) is 11.8 Å². The van der Waals surface area contributed by atoms with Gasteiger partial charge in [-0.3, -0.25) is 10.1 Å². The van der Waals surface area contributed by atoms with Gasteiger partial charge in [0.15, 0.2) is 0 Å². The van der Waals surface area contributed by atoms with Crippen molar-refractivity contribution in [2.24, 2.45) is 17.8 Å². The minimum Gasteiger partial charge on any atom is -0.323 e. The maximum Gasteiger partial charge on any atom is 0.322 e. The zero-order valence-corrected chi connectivity index (χ0v) is 10.2. The van der Waals surface area contributed by atoms with E-state index >= 15 is 0 Å². The monoisotopic (exact) mass is 224 g/mol. The maximum atomic E-state index is 12.0. The van der Waals surface area contributed by atoms with Crippen molar-refractivity contribution in [1.29, 1.82) is 0 Å². The summed E-state index contributed by atoms with van der Waals surface area (Å²) >= 11 is 0. The summed E-state index contributed by atoms with van der Waals surface area (Å²) < 4.78 is 0. The molecule has 2 fully saturated rings. The Balaban J connectivity index is 2.32. The van der Waals surface area contributed by atoms with Crippen LogP contribution in [0.3, 0.4) is 0 Å². The molecule has 1 aliphatic carbocycles. The van der Waals surface area contributed by atoms with Crippen LogP contribution < -0.4 is 10.6 Å². The summed E-state index contributed by atoms with van der Waals surface area (Å²) in [6.45, 7) is 6.40. The Bertz CT molecular complexity index is 327. The highest BCUT2D eigenvalue weighted by Crippen LogP contribution is 2.42. The van der Waals surface area contributed by atoms with Gasteiger partial charge in [-0.1, -0.05) is 27.2 Å². The van der Waals surface area contributed by atoms with E-state index in [9.17, 15) is 9.59 Å². The van der Waals surface area contributed by atoms with Gasteiger partial charge in [0.25, 0.3) is 5.91 Å². The van der Waals surface area contributed by atoms with Crippen LogP contribution in [0.5, 0.6) is 0 Å². The van der Waals surface area contributed by atoms with Crippen molar-refractivity contribution in [2.45, 2.75) is 45.6 Å². The van der Waals surface area contributed by atoms with Crippen molar-refractivity contribution in [3.05, 3.63) is 0 Å². The Morgan fingerprint density at radius 3 is 2.50 bits per heavy atom. The lowest BCUT2D eigenvalue weighted by Crippen LogP contribution is -2.57. The fourth-order valence-electron chi connectivity index (χ4n) is 3.33. The minimum atomic E-state index is -0.636. The van der Waals surface area contributed by atoms with Gasteiger partial charge < -0.3 is 5.32 Å². The van der Waals surface area contributed by atoms with Gasteiger partial charge in [0.2, 0.25) is 0 Å². The molecule has 3 amide bonds. The quantitative estimate of drug-likeness (QED) is 0.665. The van der Waals surface area contributed by atoms with Crippen LogP contribution in [-0.2, 0) is 4.79 Å². The second-order valence-corrected chi connectivity index (χ2v) is 5.62. The van der Waals surface area contributed by atoms with Gasteiger partial charge in [0, 0.05) is 0 Å². The third-order valence-corrected chi connectivity index (χ3v) is 4.05. The molecule has 2 aliphatic rings. The molecule has 2 rings (SSSR count). The van der Waals surface area contributed by atoms with E-state index in [1.165, 1.54) is 0 Å². The third-order valence-electron chi connectivity index (χ3n) is 4.05. The normalized spacial score (nSPS) is 39.0. The van der Waals surface area contributed by atoms with Crippen molar-refractivity contribution in [2.75, 3.05) is 0 Å². The molecule has 3 unspecified atom stereocenters. The predicted octanol–water partition coefficient (Wildman–Crippen LogP) is 1.66. The van der Waals surface area contributed by atoms with Crippen LogP contribution in [0.25, 0.3) is 0 Å². The van der Waals surface area contributed by atoms with Crippen LogP contribution in [0.1, 0.15) is 40.0 Å². The SMILES string of the molecule is CC1CCC(C(C)C)C2(C1)NC(=O)NC2=O. The van der Waals surface area contributed by atoms with Crippen molar-refractivity contribution >= 4 is 11.9 Å². The summed E-state index contributed by atoms with van der Waals surface area (Å²) in [7, 11) is 0. The van der Waals surface area contributed by atoms with E-state index in [1.54, 1.807) is 0 Å². The zero-order valence-electron chi connectivity index (χ0n) is 10.2. The number of carbonyl (C=O) groups is 2. The van der Waals surface area contributed by atoms with Crippen molar-refractivity contribution in [3.8, 4) is 0 Å². The summed E-state index contributed by atoms with van der Waals surface area (Å²) in [5.74, 6) is 1.05. The van der Waals surface area contributed by atoms with Crippen LogP contribution in [0.2, 0.25) is 0 Å². The summed E-state index contributed by atoms with van der Waals surface area (Å²) in [6.07, 6.45) is 2.94. The van der Waals surface area contributed by atoms with Gasteiger partial charge >= 0.3 is 6.03 Å². The molecule has 2 N–H and O–H groups in total. The summed E-state index contributed by atoms with van der Waals surface area (Å²) in [4.78, 5) is 23.4. The average molecular weight is 224 g/mol. The molecule has 0 aromatic rings. The molecule has 4 heteroatoms. The lowest BCUT2D eigenvalue weighted by Gasteiger charge is -2.43. The Labute approximate surface area is 96.2 Å². The average Bonchev–Trinajstić information content (AvgIpc) is 2.41. The van der Waals surface area contributed by atoms with E-state index in [-0.39, 0.29) is 17.9 Å². The first-order chi connectivity index (χ1) is 7.45. The van der Waals surface area contributed by atoms with Gasteiger partial charge in [0.1, 0.15) is 5.54 Å². The molecular formula is C12H20N2O2. The molecule has 0 aromatic carbocycles. The second-order valence-electron chi connectivity index (χ2n) is 5.62. The smallest absolute Gasteiger partial charge is 0.322 e. The molecule has 0 radical (unpaired) electrons. The van der Waals surface area contributed by atoms with E-state index in [1.807, 2.05) is 0 Å². The van der Waals surface area contributed by atoms with Gasteiger partial charge in [-0.2, -0.15) is 0 Å². The summed E-state index contributed by atoms with van der Waals surface area (Å²) in [6, 6.07) is -0.329. The predicted molar refractivity (Wildman–Crippen MR) is 60.7 cm³/mol. The first kappa shape index (κ1) is 11.4. The zero-order chi connectivity index (χ0) is 11.9. The number of nitrogens with one attached hydrogen (secondary N) is 2. The molecular weight excluding hydrogens is 204 g/mol. The van der Waals surface area contributed by atoms with Gasteiger partial charge in [0.05, 0.1) is 0 Å². The van der Waals surface area contributed by atoms with Crippen LogP contribution >= 0.6 is 0 Å². The number of carbonyl (C=O) groups excluding carboxylic acids is 2. The number of urea groups is 1. The number of hydrogen-bond donors (Lipinski definition) is 2. The van der Waals surface area contributed by atoms with Crippen LogP contribution in [0.15, 0.2) is 0 Å². The fraction of sp³-hybridized carbons (Fsp3) is 0.833. The Morgan fingerprint density at radius 1 is 1.31 bits per heavy atom. The molecule has 0 aromatic heterocycles. The molecule has 1 heterocycles. The molecule has 0 bridgehead atoms. The number of rotatable bonds is 1. The molecule has 1 saturated heterocycles. The molecule has 1 aliphatic heterocycles. The van der Waals surface area contributed by atoms with Crippen LogP contribution in [0.4, 0.5) is 4.79 Å². The topological polar surface area (TPSA) is 58.2 Å². The number of imide groups is 1. The number of hydrogen-bond acceptors (Lipinski definition) is 2. The second kappa shape index (κ2) is 3.75. The van der Waals surface area contributed by atoms with E-state index < -0.39 is 5.54 Å². The minimum absolute atomic E-state index is 0.122.